The number of hydrogen-bond acceptors (Lipinski definition) is 5. The second-order valence-electron chi connectivity index (χ2n) is 5.56. The van der Waals surface area contributed by atoms with Crippen molar-refractivity contribution in [2.24, 2.45) is 5.73 Å². The zero-order valence-corrected chi connectivity index (χ0v) is 12.0. The molecule has 3 N–H and O–H groups in total. The lowest BCUT2D eigenvalue weighted by molar-refractivity contribution is -0.124. The Morgan fingerprint density at radius 3 is 2.68 bits per heavy atom. The second kappa shape index (κ2) is 5.38. The topological polar surface area (TPSA) is 98.5 Å². The molecule has 6 nitrogen and oxygen atoms in total. The normalized spacial score (nSPS) is 35.6. The number of carbonyl (C=O) groups is 1. The fraction of sp³-hybridized carbons (Fsp3) is 0.917. The predicted molar refractivity (Wildman–Crippen MR) is 71.4 cm³/mol. The molecule has 0 spiro atoms. The van der Waals surface area contributed by atoms with E-state index < -0.39 is 26.5 Å². The number of amides is 1. The van der Waals surface area contributed by atoms with Crippen LogP contribution in [0.3, 0.4) is 0 Å². The lowest BCUT2D eigenvalue weighted by atomic mass is 9.95. The van der Waals surface area contributed by atoms with Crippen molar-refractivity contribution in [2.45, 2.75) is 49.0 Å². The van der Waals surface area contributed by atoms with Crippen molar-refractivity contribution in [3.05, 3.63) is 0 Å². The zero-order valence-electron chi connectivity index (χ0n) is 11.2. The van der Waals surface area contributed by atoms with Gasteiger partial charge in [-0.05, 0) is 32.1 Å². The molecule has 3 atom stereocenters. The molecule has 7 heteroatoms. The third-order valence-electron chi connectivity index (χ3n) is 4.21. The Morgan fingerprint density at radius 2 is 2.16 bits per heavy atom. The highest BCUT2D eigenvalue weighted by Crippen LogP contribution is 2.35. The summed E-state index contributed by atoms with van der Waals surface area (Å²) in [4.78, 5) is 11.8. The van der Waals surface area contributed by atoms with Gasteiger partial charge in [0.2, 0.25) is 5.91 Å². The molecule has 1 aliphatic heterocycles. The van der Waals surface area contributed by atoms with Crippen molar-refractivity contribution in [3.63, 3.8) is 0 Å². The van der Waals surface area contributed by atoms with Gasteiger partial charge in [-0.25, -0.2) is 8.42 Å². The molecular formula is C12H22N2O4S. The van der Waals surface area contributed by atoms with Gasteiger partial charge in [0.05, 0.1) is 11.4 Å². The SMILES string of the molecule is CS(=O)(=O)C1CCCC1(NCC1CCCO1)C(N)=O. The van der Waals surface area contributed by atoms with Crippen LogP contribution in [0, 0.1) is 0 Å². The van der Waals surface area contributed by atoms with Gasteiger partial charge in [-0.3, -0.25) is 10.1 Å². The van der Waals surface area contributed by atoms with Gasteiger partial charge >= 0.3 is 0 Å². The van der Waals surface area contributed by atoms with Crippen molar-refractivity contribution in [2.75, 3.05) is 19.4 Å². The maximum absolute atomic E-state index is 11.9. The largest absolute Gasteiger partial charge is 0.377 e. The van der Waals surface area contributed by atoms with E-state index in [1.165, 1.54) is 6.26 Å². The third-order valence-corrected chi connectivity index (χ3v) is 5.88. The highest BCUT2D eigenvalue weighted by Gasteiger charge is 2.52. The Labute approximate surface area is 114 Å². The highest BCUT2D eigenvalue weighted by molar-refractivity contribution is 7.91. The van der Waals surface area contributed by atoms with E-state index in [-0.39, 0.29) is 6.10 Å². The maximum atomic E-state index is 11.9. The van der Waals surface area contributed by atoms with E-state index in [2.05, 4.69) is 5.32 Å². The van der Waals surface area contributed by atoms with Crippen molar-refractivity contribution in [1.82, 2.24) is 5.32 Å². The minimum absolute atomic E-state index is 0.0528. The minimum atomic E-state index is -3.31. The molecule has 1 aliphatic carbocycles. The first kappa shape index (κ1) is 14.7. The lowest BCUT2D eigenvalue weighted by Gasteiger charge is -2.33. The molecule has 110 valence electrons. The Kier molecular flexibility index (Phi) is 4.17. The van der Waals surface area contributed by atoms with Crippen LogP contribution < -0.4 is 11.1 Å². The van der Waals surface area contributed by atoms with E-state index >= 15 is 0 Å². The van der Waals surface area contributed by atoms with Crippen LogP contribution in [0.25, 0.3) is 0 Å². The molecule has 3 unspecified atom stereocenters. The van der Waals surface area contributed by atoms with E-state index in [1.54, 1.807) is 0 Å². The minimum Gasteiger partial charge on any atom is -0.377 e. The van der Waals surface area contributed by atoms with Crippen LogP contribution in [-0.2, 0) is 19.4 Å². The quantitative estimate of drug-likeness (QED) is 0.716. The summed E-state index contributed by atoms with van der Waals surface area (Å²) in [6, 6.07) is 0. The summed E-state index contributed by atoms with van der Waals surface area (Å²) in [5, 5.41) is 2.39. The molecule has 19 heavy (non-hydrogen) atoms. The number of sulfone groups is 1. The van der Waals surface area contributed by atoms with E-state index in [4.69, 9.17) is 10.5 Å². The Hall–Kier alpha value is -0.660. The van der Waals surface area contributed by atoms with Crippen LogP contribution in [0.2, 0.25) is 0 Å². The van der Waals surface area contributed by atoms with Gasteiger partial charge in [0.1, 0.15) is 5.54 Å². The van der Waals surface area contributed by atoms with E-state index in [0.717, 1.165) is 19.4 Å². The Morgan fingerprint density at radius 1 is 1.42 bits per heavy atom. The van der Waals surface area contributed by atoms with Gasteiger partial charge in [-0.2, -0.15) is 0 Å². The zero-order chi connectivity index (χ0) is 14.1. The second-order valence-corrected chi connectivity index (χ2v) is 7.79. The first-order valence-corrected chi connectivity index (χ1v) is 8.67. The smallest absolute Gasteiger partial charge is 0.239 e. The van der Waals surface area contributed by atoms with Gasteiger partial charge < -0.3 is 10.5 Å². The predicted octanol–water partition coefficient (Wildman–Crippen LogP) is -0.424. The van der Waals surface area contributed by atoms with Gasteiger partial charge in [0, 0.05) is 19.4 Å². The van der Waals surface area contributed by atoms with Gasteiger partial charge in [-0.1, -0.05) is 0 Å². The summed E-state index contributed by atoms with van der Waals surface area (Å²) in [6.07, 6.45) is 4.83. The van der Waals surface area contributed by atoms with E-state index in [1.807, 2.05) is 0 Å². The molecule has 2 fully saturated rings. The van der Waals surface area contributed by atoms with Gasteiger partial charge in [-0.15, -0.1) is 0 Å². The number of nitrogens with two attached hydrogens (primary N) is 1. The van der Waals surface area contributed by atoms with E-state index in [9.17, 15) is 13.2 Å². The number of primary amides is 1. The van der Waals surface area contributed by atoms with Gasteiger partial charge in [0.15, 0.2) is 9.84 Å². The summed E-state index contributed by atoms with van der Waals surface area (Å²) < 4.78 is 29.2. The number of ether oxygens (including phenoxy) is 1. The van der Waals surface area contributed by atoms with E-state index in [0.29, 0.717) is 25.8 Å². The molecule has 1 amide bonds. The summed E-state index contributed by atoms with van der Waals surface area (Å²) in [5.41, 5.74) is 4.37. The molecule has 1 saturated heterocycles. The molecule has 1 saturated carbocycles. The number of hydrogen-bond donors (Lipinski definition) is 2. The van der Waals surface area contributed by atoms with Crippen molar-refractivity contribution in [1.29, 1.82) is 0 Å². The summed E-state index contributed by atoms with van der Waals surface area (Å²) in [5.74, 6) is -0.571. The molecule has 2 rings (SSSR count). The molecule has 1 heterocycles. The fourth-order valence-corrected chi connectivity index (χ4v) is 4.87. The fourth-order valence-electron chi connectivity index (χ4n) is 3.23. The summed E-state index contributed by atoms with van der Waals surface area (Å²) >= 11 is 0. The molecular weight excluding hydrogens is 268 g/mol. The first-order chi connectivity index (χ1) is 8.86. The standard InChI is InChI=1S/C12H22N2O4S/c1-19(16,17)10-5-2-6-12(10,11(13)15)14-8-9-4-3-7-18-9/h9-10,14H,2-8H2,1H3,(H2,13,15). The summed E-state index contributed by atoms with van der Waals surface area (Å²) in [7, 11) is -3.31. The summed E-state index contributed by atoms with van der Waals surface area (Å²) in [6.45, 7) is 1.21. The molecule has 2 aliphatic rings. The molecule has 0 aromatic heterocycles. The molecule has 0 aromatic rings. The van der Waals surface area contributed by atoms with Crippen LogP contribution >= 0.6 is 0 Å². The maximum Gasteiger partial charge on any atom is 0.239 e. The van der Waals surface area contributed by atoms with Crippen LogP contribution in [0.15, 0.2) is 0 Å². The number of carbonyl (C=O) groups excluding carboxylic acids is 1. The van der Waals surface area contributed by atoms with Crippen molar-refractivity contribution in [3.8, 4) is 0 Å². The van der Waals surface area contributed by atoms with Crippen LogP contribution in [0.1, 0.15) is 32.1 Å². The van der Waals surface area contributed by atoms with Crippen LogP contribution in [-0.4, -0.2) is 50.6 Å². The third kappa shape index (κ3) is 2.93. The molecule has 0 radical (unpaired) electrons. The monoisotopic (exact) mass is 290 g/mol. The Balaban J connectivity index is 2.14. The highest BCUT2D eigenvalue weighted by atomic mass is 32.2. The first-order valence-electron chi connectivity index (χ1n) is 6.71. The average Bonchev–Trinajstić information content (AvgIpc) is 2.95. The van der Waals surface area contributed by atoms with Gasteiger partial charge in [0.25, 0.3) is 0 Å². The number of rotatable bonds is 5. The molecule has 0 bridgehead atoms. The van der Waals surface area contributed by atoms with Crippen molar-refractivity contribution >= 4 is 15.7 Å². The average molecular weight is 290 g/mol. The molecule has 0 aromatic carbocycles. The number of nitrogens with one attached hydrogen (secondary N) is 1. The Bertz CT molecular complexity index is 445. The van der Waals surface area contributed by atoms with Crippen molar-refractivity contribution < 1.29 is 17.9 Å². The lowest BCUT2D eigenvalue weighted by Crippen LogP contribution is -2.63. The van der Waals surface area contributed by atoms with Crippen LogP contribution in [0.4, 0.5) is 0 Å². The van der Waals surface area contributed by atoms with Crippen LogP contribution in [0.5, 0.6) is 0 Å².